The van der Waals surface area contributed by atoms with Gasteiger partial charge in [0.1, 0.15) is 5.60 Å². The molecule has 1 aromatic heterocycles. The molecule has 5 nitrogen and oxygen atoms in total. The Morgan fingerprint density at radius 1 is 1.20 bits per heavy atom. The van der Waals surface area contributed by atoms with Crippen LogP contribution in [0.4, 0.5) is 0 Å². The maximum absolute atomic E-state index is 10.9. The highest BCUT2D eigenvalue weighted by atomic mass is 127. The Hall–Kier alpha value is -1.67. The monoisotopic (exact) mass is 452 g/mol. The number of aliphatic hydroxyl groups is 1. The maximum atomic E-state index is 10.9. The van der Waals surface area contributed by atoms with E-state index in [4.69, 9.17) is 0 Å². The molecule has 134 valence electrons. The summed E-state index contributed by atoms with van der Waals surface area (Å²) in [7, 11) is 1.74. The average molecular weight is 452 g/mol. The topological polar surface area (TPSA) is 69.5 Å². The lowest BCUT2D eigenvalue weighted by molar-refractivity contribution is 0.0432. The first-order valence-electron chi connectivity index (χ1n) is 8.36. The number of aromatic nitrogens is 1. The molecule has 1 heterocycles. The highest BCUT2D eigenvalue weighted by Gasteiger charge is 2.36. The second kappa shape index (κ2) is 9.15. The van der Waals surface area contributed by atoms with Gasteiger partial charge in [-0.2, -0.15) is 0 Å². The molecule has 3 rings (SSSR count). The van der Waals surface area contributed by atoms with Crippen molar-refractivity contribution in [2.45, 2.75) is 24.9 Å². The van der Waals surface area contributed by atoms with Crippen molar-refractivity contribution in [1.82, 2.24) is 15.6 Å². The number of halogens is 1. The highest BCUT2D eigenvalue weighted by molar-refractivity contribution is 14.0. The molecule has 0 spiro atoms. The first-order valence-corrected chi connectivity index (χ1v) is 8.36. The number of hydrogen-bond acceptors (Lipinski definition) is 3. The van der Waals surface area contributed by atoms with E-state index in [1.165, 1.54) is 5.56 Å². The Labute approximate surface area is 166 Å². The summed E-state index contributed by atoms with van der Waals surface area (Å²) in [5, 5.41) is 17.5. The van der Waals surface area contributed by atoms with Crippen LogP contribution in [0.3, 0.4) is 0 Å². The molecule has 0 radical (unpaired) electrons. The molecule has 6 heteroatoms. The fraction of sp³-hybridized carbons (Fsp3) is 0.368. The Morgan fingerprint density at radius 3 is 2.76 bits per heavy atom. The quantitative estimate of drug-likeness (QED) is 0.370. The number of benzene rings is 1. The lowest BCUT2D eigenvalue weighted by Gasteiger charge is -2.25. The van der Waals surface area contributed by atoms with Gasteiger partial charge in [-0.15, -0.1) is 24.0 Å². The van der Waals surface area contributed by atoms with Gasteiger partial charge in [-0.25, -0.2) is 0 Å². The van der Waals surface area contributed by atoms with Crippen molar-refractivity contribution in [3.8, 4) is 0 Å². The molecule has 1 unspecified atom stereocenters. The fourth-order valence-corrected chi connectivity index (χ4v) is 3.16. The minimum atomic E-state index is -0.824. The third-order valence-corrected chi connectivity index (χ3v) is 4.50. The van der Waals surface area contributed by atoms with E-state index in [2.05, 4.69) is 26.7 Å². The van der Waals surface area contributed by atoms with E-state index in [0.717, 1.165) is 37.1 Å². The summed E-state index contributed by atoms with van der Waals surface area (Å²) in [6.45, 7) is 1.19. The third-order valence-electron chi connectivity index (χ3n) is 4.50. The highest BCUT2D eigenvalue weighted by Crippen LogP contribution is 2.36. The number of fused-ring (bicyclic) bond motifs is 1. The molecule has 25 heavy (non-hydrogen) atoms. The van der Waals surface area contributed by atoms with Gasteiger partial charge < -0.3 is 15.7 Å². The molecule has 0 amide bonds. The average Bonchev–Trinajstić information content (AvgIpc) is 2.97. The van der Waals surface area contributed by atoms with Crippen LogP contribution in [0.15, 0.2) is 53.7 Å². The molecule has 0 saturated carbocycles. The van der Waals surface area contributed by atoms with Gasteiger partial charge in [0.05, 0.1) is 6.54 Å². The molecule has 1 aliphatic rings. The van der Waals surface area contributed by atoms with Crippen LogP contribution in [0.2, 0.25) is 0 Å². The summed E-state index contributed by atoms with van der Waals surface area (Å²) >= 11 is 0. The molecule has 1 atom stereocenters. The van der Waals surface area contributed by atoms with Crippen LogP contribution in [0, 0.1) is 0 Å². The number of guanidine groups is 1. The van der Waals surface area contributed by atoms with Gasteiger partial charge in [0, 0.05) is 31.9 Å². The van der Waals surface area contributed by atoms with Crippen LogP contribution in [-0.2, 0) is 18.4 Å². The summed E-state index contributed by atoms with van der Waals surface area (Å²) in [5.74, 6) is 0.698. The van der Waals surface area contributed by atoms with Crippen LogP contribution < -0.4 is 10.6 Å². The molecule has 0 saturated heterocycles. The zero-order valence-corrected chi connectivity index (χ0v) is 16.7. The van der Waals surface area contributed by atoms with Crippen LogP contribution in [0.5, 0.6) is 0 Å². The van der Waals surface area contributed by atoms with Crippen LogP contribution in [-0.4, -0.2) is 36.2 Å². The Morgan fingerprint density at radius 2 is 2.00 bits per heavy atom. The van der Waals surface area contributed by atoms with Crippen molar-refractivity contribution in [3.05, 3.63) is 65.5 Å². The van der Waals surface area contributed by atoms with Gasteiger partial charge in [0.25, 0.3) is 0 Å². The zero-order valence-electron chi connectivity index (χ0n) is 14.4. The number of nitrogens with zero attached hydrogens (tertiary/aromatic N) is 2. The summed E-state index contributed by atoms with van der Waals surface area (Å²) in [6.07, 6.45) is 4.29. The van der Waals surface area contributed by atoms with Gasteiger partial charge in [-0.1, -0.05) is 30.3 Å². The van der Waals surface area contributed by atoms with E-state index in [1.54, 1.807) is 13.2 Å². The summed E-state index contributed by atoms with van der Waals surface area (Å²) in [4.78, 5) is 8.54. The van der Waals surface area contributed by atoms with Gasteiger partial charge in [0.2, 0.25) is 0 Å². The van der Waals surface area contributed by atoms with E-state index >= 15 is 0 Å². The van der Waals surface area contributed by atoms with E-state index < -0.39 is 5.60 Å². The Kier molecular flexibility index (Phi) is 7.19. The number of hydrogen-bond donors (Lipinski definition) is 3. The summed E-state index contributed by atoms with van der Waals surface area (Å²) < 4.78 is 0. The second-order valence-corrected chi connectivity index (χ2v) is 6.11. The normalized spacial score (nSPS) is 19.0. The predicted molar refractivity (Wildman–Crippen MR) is 111 cm³/mol. The zero-order chi connectivity index (χ0) is 16.8. The van der Waals surface area contributed by atoms with Crippen molar-refractivity contribution < 1.29 is 5.11 Å². The summed E-state index contributed by atoms with van der Waals surface area (Å²) in [6, 6.07) is 14.0. The van der Waals surface area contributed by atoms with Gasteiger partial charge >= 0.3 is 0 Å². The lowest BCUT2D eigenvalue weighted by atomic mass is 9.96. The van der Waals surface area contributed by atoms with Gasteiger partial charge in [-0.3, -0.25) is 9.98 Å². The molecule has 0 bridgehead atoms. The van der Waals surface area contributed by atoms with Crippen LogP contribution in [0.1, 0.15) is 23.2 Å². The third kappa shape index (κ3) is 4.92. The first kappa shape index (κ1) is 19.7. The molecular weight excluding hydrogens is 427 g/mol. The number of aryl methyl sites for hydroxylation is 1. The summed E-state index contributed by atoms with van der Waals surface area (Å²) in [5.41, 5.74) is 2.49. The molecule has 2 aromatic rings. The number of aliphatic imine (C=N–C) groups is 1. The van der Waals surface area contributed by atoms with Crippen molar-refractivity contribution in [2.75, 3.05) is 20.1 Å². The van der Waals surface area contributed by atoms with Gasteiger partial charge in [-0.05, 0) is 36.1 Å². The molecule has 1 aromatic carbocycles. The van der Waals surface area contributed by atoms with E-state index in [9.17, 15) is 5.11 Å². The van der Waals surface area contributed by atoms with Crippen LogP contribution in [0.25, 0.3) is 0 Å². The largest absolute Gasteiger partial charge is 0.383 e. The number of pyridine rings is 1. The van der Waals surface area contributed by atoms with Crippen molar-refractivity contribution in [1.29, 1.82) is 0 Å². The molecule has 1 aliphatic carbocycles. The predicted octanol–water partition coefficient (Wildman–Crippen LogP) is 2.24. The Balaban J connectivity index is 0.00000225. The standard InChI is InChI=1S/C19H24N4O.HI/c1-20-18(22-13-10-16-7-4-5-12-21-16)23-14-19(24)11-9-15-6-2-3-8-17(15)19;/h2-8,12,24H,9-11,13-14H2,1H3,(H2,20,22,23);1H. The lowest BCUT2D eigenvalue weighted by Crippen LogP contribution is -2.45. The minimum absolute atomic E-state index is 0. The minimum Gasteiger partial charge on any atom is -0.383 e. The maximum Gasteiger partial charge on any atom is 0.191 e. The van der Waals surface area contributed by atoms with Crippen molar-refractivity contribution in [3.63, 3.8) is 0 Å². The smallest absolute Gasteiger partial charge is 0.191 e. The second-order valence-electron chi connectivity index (χ2n) is 6.11. The van der Waals surface area contributed by atoms with Gasteiger partial charge in [0.15, 0.2) is 5.96 Å². The molecule has 0 aliphatic heterocycles. The molecule has 0 fully saturated rings. The number of rotatable bonds is 5. The molecule has 3 N–H and O–H groups in total. The SMILES string of the molecule is CN=C(NCCc1ccccn1)NCC1(O)CCc2ccccc21.I. The van der Waals surface area contributed by atoms with Crippen molar-refractivity contribution in [2.24, 2.45) is 4.99 Å². The Bertz CT molecular complexity index is 708. The first-order chi connectivity index (χ1) is 11.7. The van der Waals surface area contributed by atoms with E-state index in [-0.39, 0.29) is 24.0 Å². The fourth-order valence-electron chi connectivity index (χ4n) is 3.16. The van der Waals surface area contributed by atoms with Crippen molar-refractivity contribution >= 4 is 29.9 Å². The van der Waals surface area contributed by atoms with Crippen LogP contribution >= 0.6 is 24.0 Å². The van der Waals surface area contributed by atoms with E-state index in [0.29, 0.717) is 12.5 Å². The molecular formula is C19H25IN4O. The van der Waals surface area contributed by atoms with E-state index in [1.807, 2.05) is 36.4 Å². The number of nitrogens with one attached hydrogen (secondary N) is 2.